The zero-order valence-electron chi connectivity index (χ0n) is 12.4. The predicted octanol–water partition coefficient (Wildman–Crippen LogP) is 4.01. The Bertz CT molecular complexity index is 518. The Hall–Kier alpha value is -1.91. The molecule has 1 aromatic rings. The van der Waals surface area contributed by atoms with Gasteiger partial charge in [0.2, 0.25) is 0 Å². The van der Waals surface area contributed by atoms with Gasteiger partial charge < -0.3 is 4.74 Å². The summed E-state index contributed by atoms with van der Waals surface area (Å²) in [5.74, 6) is -1.20. The maximum Gasteiger partial charge on any atom is 0.412 e. The molecular weight excluding hydrogens is 261 g/mol. The molecule has 1 aromatic carbocycles. The van der Waals surface area contributed by atoms with Crippen LogP contribution in [0.15, 0.2) is 18.2 Å². The molecule has 0 aromatic heterocycles. The number of amides is 1. The molecule has 0 aliphatic rings. The summed E-state index contributed by atoms with van der Waals surface area (Å²) in [6.07, 6.45) is -0.791. The number of hydrogen-bond acceptors (Lipinski definition) is 3. The van der Waals surface area contributed by atoms with Gasteiger partial charge in [0.05, 0.1) is 5.69 Å². The largest absolute Gasteiger partial charge is 0.444 e. The van der Waals surface area contributed by atoms with Crippen LogP contribution in [0, 0.1) is 11.7 Å². The smallest absolute Gasteiger partial charge is 0.412 e. The number of ether oxygens (including phenoxy) is 1. The zero-order chi connectivity index (χ0) is 15.5. The van der Waals surface area contributed by atoms with Crippen LogP contribution < -0.4 is 5.32 Å². The fourth-order valence-corrected chi connectivity index (χ4v) is 1.57. The van der Waals surface area contributed by atoms with E-state index in [1.165, 1.54) is 18.2 Å². The first-order valence-corrected chi connectivity index (χ1v) is 6.44. The molecule has 4 nitrogen and oxygen atoms in total. The summed E-state index contributed by atoms with van der Waals surface area (Å²) in [5.41, 5.74) is -0.691. The van der Waals surface area contributed by atoms with Gasteiger partial charge in [0, 0.05) is 11.5 Å². The molecule has 0 unspecified atom stereocenters. The van der Waals surface area contributed by atoms with Crippen LogP contribution in [0.25, 0.3) is 0 Å². The third-order valence-corrected chi connectivity index (χ3v) is 2.43. The summed E-state index contributed by atoms with van der Waals surface area (Å²) in [4.78, 5) is 23.7. The van der Waals surface area contributed by atoms with E-state index >= 15 is 0 Å². The van der Waals surface area contributed by atoms with Crippen LogP contribution in [0.3, 0.4) is 0 Å². The highest BCUT2D eigenvalue weighted by Gasteiger charge is 2.22. The van der Waals surface area contributed by atoms with E-state index in [4.69, 9.17) is 4.74 Å². The Morgan fingerprint density at radius 1 is 1.25 bits per heavy atom. The number of carbonyl (C=O) groups excluding carboxylic acids is 2. The van der Waals surface area contributed by atoms with Crippen LogP contribution in [0.4, 0.5) is 14.9 Å². The molecule has 1 rings (SSSR count). The number of nitrogens with one attached hydrogen (secondary N) is 1. The van der Waals surface area contributed by atoms with Crippen molar-refractivity contribution in [2.45, 2.75) is 40.2 Å². The van der Waals surface area contributed by atoms with Gasteiger partial charge in [0.25, 0.3) is 0 Å². The van der Waals surface area contributed by atoms with Crippen LogP contribution in [0.1, 0.15) is 45.0 Å². The zero-order valence-corrected chi connectivity index (χ0v) is 12.4. The minimum atomic E-state index is -0.791. The maximum absolute atomic E-state index is 13.8. The van der Waals surface area contributed by atoms with Gasteiger partial charge >= 0.3 is 6.09 Å². The fraction of sp³-hybridized carbons (Fsp3) is 0.467. The van der Waals surface area contributed by atoms with Crippen molar-refractivity contribution in [3.8, 4) is 0 Å². The molecule has 20 heavy (non-hydrogen) atoms. The lowest BCUT2D eigenvalue weighted by molar-refractivity contribution is 0.0635. The van der Waals surface area contributed by atoms with Crippen LogP contribution in [0.5, 0.6) is 0 Å². The van der Waals surface area contributed by atoms with E-state index < -0.39 is 17.5 Å². The molecule has 1 N–H and O–H groups in total. The monoisotopic (exact) mass is 281 g/mol. The minimum Gasteiger partial charge on any atom is -0.444 e. The van der Waals surface area contributed by atoms with E-state index in [2.05, 4.69) is 5.32 Å². The summed E-state index contributed by atoms with van der Waals surface area (Å²) < 4.78 is 18.9. The topological polar surface area (TPSA) is 55.4 Å². The van der Waals surface area contributed by atoms with Crippen molar-refractivity contribution in [2.75, 3.05) is 5.32 Å². The first kappa shape index (κ1) is 16.1. The van der Waals surface area contributed by atoms with Crippen molar-refractivity contribution < 1.29 is 18.7 Å². The standard InChI is InChI=1S/C15H20FNO3/c1-9(2)13(18)10-7-6-8-11(16)12(10)17-14(19)20-15(3,4)5/h6-9H,1-5H3,(H,17,19). The average molecular weight is 281 g/mol. The Kier molecular flexibility index (Phi) is 4.87. The van der Waals surface area contributed by atoms with E-state index in [1.54, 1.807) is 34.6 Å². The lowest BCUT2D eigenvalue weighted by Crippen LogP contribution is -2.28. The quantitative estimate of drug-likeness (QED) is 0.852. The summed E-state index contributed by atoms with van der Waals surface area (Å²) in [7, 11) is 0. The van der Waals surface area contributed by atoms with Gasteiger partial charge in [-0.25, -0.2) is 9.18 Å². The van der Waals surface area contributed by atoms with Crippen LogP contribution in [-0.4, -0.2) is 17.5 Å². The number of benzene rings is 1. The average Bonchev–Trinajstić information content (AvgIpc) is 2.28. The SMILES string of the molecule is CC(C)C(=O)c1cccc(F)c1NC(=O)OC(C)(C)C. The van der Waals surface area contributed by atoms with E-state index in [1.807, 2.05) is 0 Å². The fourth-order valence-electron chi connectivity index (χ4n) is 1.57. The number of anilines is 1. The first-order valence-electron chi connectivity index (χ1n) is 6.44. The summed E-state index contributed by atoms with van der Waals surface area (Å²) in [6, 6.07) is 4.10. The summed E-state index contributed by atoms with van der Waals surface area (Å²) in [5, 5.41) is 2.31. The second kappa shape index (κ2) is 6.03. The molecule has 0 saturated carbocycles. The molecule has 0 atom stereocenters. The molecule has 0 heterocycles. The molecule has 0 spiro atoms. The number of para-hydroxylation sites is 1. The maximum atomic E-state index is 13.8. The van der Waals surface area contributed by atoms with Crippen LogP contribution in [-0.2, 0) is 4.74 Å². The molecule has 0 aliphatic carbocycles. The van der Waals surface area contributed by atoms with Crippen molar-refractivity contribution in [1.29, 1.82) is 0 Å². The number of Topliss-reactive ketones (excluding diaryl/α,β-unsaturated/α-hetero) is 1. The van der Waals surface area contributed by atoms with Gasteiger partial charge in [0.15, 0.2) is 5.78 Å². The van der Waals surface area contributed by atoms with Gasteiger partial charge in [0.1, 0.15) is 11.4 Å². The molecule has 1 amide bonds. The second-order valence-corrected chi connectivity index (χ2v) is 5.81. The predicted molar refractivity (Wildman–Crippen MR) is 75.4 cm³/mol. The lowest BCUT2D eigenvalue weighted by Gasteiger charge is -2.20. The molecule has 110 valence electrons. The normalized spacial score (nSPS) is 11.3. The van der Waals surface area contributed by atoms with Gasteiger partial charge in [-0.1, -0.05) is 19.9 Å². The molecule has 5 heteroatoms. The van der Waals surface area contributed by atoms with E-state index in [9.17, 15) is 14.0 Å². The van der Waals surface area contributed by atoms with Crippen molar-refractivity contribution in [3.05, 3.63) is 29.6 Å². The molecule has 0 bridgehead atoms. The highest BCUT2D eigenvalue weighted by atomic mass is 19.1. The Balaban J connectivity index is 3.05. The highest BCUT2D eigenvalue weighted by molar-refractivity contribution is 6.04. The Labute approximate surface area is 118 Å². The van der Waals surface area contributed by atoms with Crippen molar-refractivity contribution in [3.63, 3.8) is 0 Å². The first-order chi connectivity index (χ1) is 9.11. The van der Waals surface area contributed by atoms with E-state index in [0.29, 0.717) is 0 Å². The molecular formula is C15H20FNO3. The van der Waals surface area contributed by atoms with Crippen molar-refractivity contribution in [1.82, 2.24) is 0 Å². The van der Waals surface area contributed by atoms with Crippen molar-refractivity contribution >= 4 is 17.6 Å². The van der Waals surface area contributed by atoms with Crippen LogP contribution in [0.2, 0.25) is 0 Å². The molecule has 0 fully saturated rings. The number of rotatable bonds is 3. The minimum absolute atomic E-state index is 0.138. The van der Waals surface area contributed by atoms with E-state index in [-0.39, 0.29) is 23.0 Å². The number of hydrogen-bond donors (Lipinski definition) is 1. The van der Waals surface area contributed by atoms with Crippen molar-refractivity contribution in [2.24, 2.45) is 5.92 Å². The lowest BCUT2D eigenvalue weighted by atomic mass is 9.99. The molecule has 0 saturated heterocycles. The Morgan fingerprint density at radius 2 is 1.85 bits per heavy atom. The van der Waals surface area contributed by atoms with Gasteiger partial charge in [-0.15, -0.1) is 0 Å². The third-order valence-electron chi connectivity index (χ3n) is 2.43. The van der Waals surface area contributed by atoms with Gasteiger partial charge in [-0.05, 0) is 32.9 Å². The highest BCUT2D eigenvalue weighted by Crippen LogP contribution is 2.23. The second-order valence-electron chi connectivity index (χ2n) is 5.81. The van der Waals surface area contributed by atoms with Crippen LogP contribution >= 0.6 is 0 Å². The number of ketones is 1. The number of carbonyl (C=O) groups is 2. The van der Waals surface area contributed by atoms with Gasteiger partial charge in [-0.3, -0.25) is 10.1 Å². The summed E-state index contributed by atoms with van der Waals surface area (Å²) in [6.45, 7) is 8.53. The molecule has 0 aliphatic heterocycles. The number of halogens is 1. The molecule has 0 radical (unpaired) electrons. The summed E-state index contributed by atoms with van der Waals surface area (Å²) >= 11 is 0. The van der Waals surface area contributed by atoms with E-state index in [0.717, 1.165) is 0 Å². The Morgan fingerprint density at radius 3 is 2.35 bits per heavy atom. The van der Waals surface area contributed by atoms with Gasteiger partial charge in [-0.2, -0.15) is 0 Å². The third kappa shape index (κ3) is 4.33.